The second-order valence-corrected chi connectivity index (χ2v) is 3.61. The molecule has 1 aliphatic rings. The third kappa shape index (κ3) is 1.71. The van der Waals surface area contributed by atoms with Crippen LogP contribution in [0, 0.1) is 0 Å². The summed E-state index contributed by atoms with van der Waals surface area (Å²) >= 11 is 0. The standard InChI is InChI=1S/C12H9NO4/c1-7(2)12(16)17-13-10(14)8-5-3-4-6-9(8)11(13)15/h3-6H,1H2,2H3. The van der Waals surface area contributed by atoms with E-state index in [9.17, 15) is 14.4 Å². The molecule has 1 aromatic rings. The molecule has 0 atom stereocenters. The van der Waals surface area contributed by atoms with Gasteiger partial charge in [0.15, 0.2) is 0 Å². The molecule has 0 N–H and O–H groups in total. The molecule has 0 fully saturated rings. The third-order valence-electron chi connectivity index (χ3n) is 2.28. The molecule has 17 heavy (non-hydrogen) atoms. The van der Waals surface area contributed by atoms with Crippen molar-refractivity contribution in [2.45, 2.75) is 6.92 Å². The van der Waals surface area contributed by atoms with Crippen LogP contribution in [-0.4, -0.2) is 22.8 Å². The van der Waals surface area contributed by atoms with Crippen LogP contribution in [0.3, 0.4) is 0 Å². The SMILES string of the molecule is C=C(C)C(=O)ON1C(=O)c2ccccc2C1=O. The van der Waals surface area contributed by atoms with Crippen LogP contribution in [0.25, 0.3) is 0 Å². The average Bonchev–Trinajstić information content (AvgIpc) is 2.55. The molecule has 2 amide bonds. The summed E-state index contributed by atoms with van der Waals surface area (Å²) in [6.45, 7) is 4.80. The first-order valence-corrected chi connectivity index (χ1v) is 4.88. The predicted octanol–water partition coefficient (Wildman–Crippen LogP) is 1.32. The number of imide groups is 1. The minimum Gasteiger partial charge on any atom is -0.325 e. The second kappa shape index (κ2) is 3.86. The molecule has 2 rings (SSSR count). The van der Waals surface area contributed by atoms with Gasteiger partial charge in [0.1, 0.15) is 0 Å². The van der Waals surface area contributed by atoms with Crippen molar-refractivity contribution in [1.29, 1.82) is 0 Å². The number of nitrogens with zero attached hydrogens (tertiary/aromatic N) is 1. The van der Waals surface area contributed by atoms with Gasteiger partial charge in [0, 0.05) is 5.57 Å². The highest BCUT2D eigenvalue weighted by Crippen LogP contribution is 2.22. The van der Waals surface area contributed by atoms with Gasteiger partial charge in [-0.2, -0.15) is 0 Å². The topological polar surface area (TPSA) is 63.7 Å². The number of amides is 2. The van der Waals surface area contributed by atoms with Crippen molar-refractivity contribution >= 4 is 17.8 Å². The molecule has 1 aliphatic heterocycles. The van der Waals surface area contributed by atoms with E-state index in [-0.39, 0.29) is 16.7 Å². The van der Waals surface area contributed by atoms with E-state index in [1.165, 1.54) is 19.1 Å². The molecule has 0 bridgehead atoms. The number of hydroxylamine groups is 2. The third-order valence-corrected chi connectivity index (χ3v) is 2.28. The number of fused-ring (bicyclic) bond motifs is 1. The summed E-state index contributed by atoms with van der Waals surface area (Å²) in [5, 5.41) is 0.460. The van der Waals surface area contributed by atoms with Crippen molar-refractivity contribution in [3.05, 3.63) is 47.5 Å². The lowest BCUT2D eigenvalue weighted by atomic mass is 10.1. The summed E-state index contributed by atoms with van der Waals surface area (Å²) in [7, 11) is 0. The fourth-order valence-electron chi connectivity index (χ4n) is 1.41. The Hall–Kier alpha value is -2.43. The minimum absolute atomic E-state index is 0.113. The number of hydrogen-bond donors (Lipinski definition) is 0. The maximum atomic E-state index is 11.8. The average molecular weight is 231 g/mol. The van der Waals surface area contributed by atoms with Gasteiger partial charge in [0.05, 0.1) is 11.1 Å². The molecular formula is C12H9NO4. The quantitative estimate of drug-likeness (QED) is 0.568. The zero-order valence-electron chi connectivity index (χ0n) is 9.10. The molecule has 5 nitrogen and oxygen atoms in total. The summed E-state index contributed by atoms with van der Waals surface area (Å²) in [5.41, 5.74) is 0.570. The van der Waals surface area contributed by atoms with Crippen molar-refractivity contribution in [3.63, 3.8) is 0 Å². The van der Waals surface area contributed by atoms with E-state index in [0.717, 1.165) is 0 Å². The molecule has 0 spiro atoms. The molecule has 0 saturated carbocycles. The minimum atomic E-state index is -0.806. The number of rotatable bonds is 2. The maximum absolute atomic E-state index is 11.8. The molecule has 86 valence electrons. The summed E-state index contributed by atoms with van der Waals surface area (Å²) < 4.78 is 0. The normalized spacial score (nSPS) is 13.6. The molecule has 0 aromatic heterocycles. The fourth-order valence-corrected chi connectivity index (χ4v) is 1.41. The second-order valence-electron chi connectivity index (χ2n) is 3.61. The summed E-state index contributed by atoms with van der Waals surface area (Å²) in [6, 6.07) is 6.27. The first-order chi connectivity index (χ1) is 8.02. The van der Waals surface area contributed by atoms with Gasteiger partial charge in [0.25, 0.3) is 11.8 Å². The molecule has 1 heterocycles. The number of carbonyl (C=O) groups is 3. The zero-order chi connectivity index (χ0) is 12.6. The Morgan fingerprint density at radius 1 is 1.18 bits per heavy atom. The van der Waals surface area contributed by atoms with E-state index in [1.807, 2.05) is 0 Å². The van der Waals surface area contributed by atoms with Crippen LogP contribution in [0.1, 0.15) is 27.6 Å². The lowest BCUT2D eigenvalue weighted by Crippen LogP contribution is -2.32. The Morgan fingerprint density at radius 3 is 2.06 bits per heavy atom. The molecular weight excluding hydrogens is 222 g/mol. The van der Waals surface area contributed by atoms with Crippen LogP contribution >= 0.6 is 0 Å². The van der Waals surface area contributed by atoms with E-state index in [4.69, 9.17) is 0 Å². The Bertz CT molecular complexity index is 512. The van der Waals surface area contributed by atoms with E-state index in [2.05, 4.69) is 11.4 Å². The van der Waals surface area contributed by atoms with Crippen molar-refractivity contribution in [3.8, 4) is 0 Å². The lowest BCUT2D eigenvalue weighted by Gasteiger charge is -2.12. The number of carbonyl (C=O) groups excluding carboxylic acids is 3. The van der Waals surface area contributed by atoms with E-state index >= 15 is 0 Å². The smallest absolute Gasteiger partial charge is 0.325 e. The monoisotopic (exact) mass is 231 g/mol. The molecule has 0 aliphatic carbocycles. The van der Waals surface area contributed by atoms with Gasteiger partial charge in [0.2, 0.25) is 0 Å². The van der Waals surface area contributed by atoms with Gasteiger partial charge in [-0.25, -0.2) is 4.79 Å². The summed E-state index contributed by atoms with van der Waals surface area (Å²) in [4.78, 5) is 39.5. The van der Waals surface area contributed by atoms with Gasteiger partial charge in [-0.1, -0.05) is 23.8 Å². The van der Waals surface area contributed by atoms with Gasteiger partial charge in [-0.15, -0.1) is 0 Å². The van der Waals surface area contributed by atoms with Crippen LogP contribution < -0.4 is 0 Å². The van der Waals surface area contributed by atoms with Crippen LogP contribution in [-0.2, 0) is 9.63 Å². The van der Waals surface area contributed by atoms with Gasteiger partial charge in [-0.05, 0) is 19.1 Å². The van der Waals surface area contributed by atoms with Crippen LogP contribution in [0.2, 0.25) is 0 Å². The van der Waals surface area contributed by atoms with Crippen molar-refractivity contribution in [2.75, 3.05) is 0 Å². The van der Waals surface area contributed by atoms with Crippen molar-refractivity contribution in [1.82, 2.24) is 5.06 Å². The van der Waals surface area contributed by atoms with Gasteiger partial charge in [-0.3, -0.25) is 9.59 Å². The summed E-state index contributed by atoms with van der Waals surface area (Å²) in [5.74, 6) is -2.08. The fraction of sp³-hybridized carbons (Fsp3) is 0.0833. The van der Waals surface area contributed by atoms with Crippen LogP contribution in [0.4, 0.5) is 0 Å². The predicted molar refractivity (Wildman–Crippen MR) is 57.8 cm³/mol. The molecule has 0 saturated heterocycles. The Morgan fingerprint density at radius 2 is 1.65 bits per heavy atom. The van der Waals surface area contributed by atoms with Crippen molar-refractivity contribution < 1.29 is 19.2 Å². The molecule has 5 heteroatoms. The molecule has 0 radical (unpaired) electrons. The van der Waals surface area contributed by atoms with E-state index in [0.29, 0.717) is 5.06 Å². The Kier molecular flexibility index (Phi) is 2.51. The maximum Gasteiger partial charge on any atom is 0.359 e. The van der Waals surface area contributed by atoms with E-state index in [1.54, 1.807) is 12.1 Å². The van der Waals surface area contributed by atoms with Gasteiger partial charge >= 0.3 is 5.97 Å². The van der Waals surface area contributed by atoms with Gasteiger partial charge < -0.3 is 4.84 Å². The van der Waals surface area contributed by atoms with Crippen LogP contribution in [0.5, 0.6) is 0 Å². The zero-order valence-corrected chi connectivity index (χ0v) is 9.10. The Labute approximate surface area is 97.2 Å². The highest BCUT2D eigenvalue weighted by molar-refractivity contribution is 6.21. The number of hydrogen-bond acceptors (Lipinski definition) is 4. The highest BCUT2D eigenvalue weighted by Gasteiger charge is 2.38. The highest BCUT2D eigenvalue weighted by atomic mass is 16.7. The van der Waals surface area contributed by atoms with Crippen LogP contribution in [0.15, 0.2) is 36.4 Å². The summed E-state index contributed by atoms with van der Waals surface area (Å²) in [6.07, 6.45) is 0. The lowest BCUT2D eigenvalue weighted by molar-refractivity contribution is -0.163. The number of benzene rings is 1. The largest absolute Gasteiger partial charge is 0.359 e. The first kappa shape index (κ1) is 11.1. The van der Waals surface area contributed by atoms with E-state index < -0.39 is 17.8 Å². The molecule has 0 unspecified atom stereocenters. The molecule has 1 aromatic carbocycles. The Balaban J connectivity index is 2.31. The first-order valence-electron chi connectivity index (χ1n) is 4.88. The van der Waals surface area contributed by atoms with Crippen molar-refractivity contribution in [2.24, 2.45) is 0 Å².